The van der Waals surface area contributed by atoms with Crippen molar-refractivity contribution in [1.29, 1.82) is 0 Å². The topological polar surface area (TPSA) is 29.5 Å². The lowest BCUT2D eigenvalue weighted by molar-refractivity contribution is -0.154. The Morgan fingerprint density at radius 1 is 1.43 bits per heavy atom. The van der Waals surface area contributed by atoms with E-state index < -0.39 is 0 Å². The molecule has 3 heterocycles. The van der Waals surface area contributed by atoms with Gasteiger partial charge < -0.3 is 9.64 Å². The SMILES string of the molecule is CCOC(=O)C1CN2CCC1CC2.Cl. The van der Waals surface area contributed by atoms with Crippen molar-refractivity contribution in [3.05, 3.63) is 0 Å². The smallest absolute Gasteiger partial charge is 0.310 e. The van der Waals surface area contributed by atoms with E-state index in [4.69, 9.17) is 4.74 Å². The minimum absolute atomic E-state index is 0. The lowest BCUT2D eigenvalue weighted by Gasteiger charge is -2.43. The normalized spacial score (nSPS) is 34.8. The third-order valence-electron chi connectivity index (χ3n) is 3.25. The minimum Gasteiger partial charge on any atom is -0.466 e. The number of carbonyl (C=O) groups is 1. The second kappa shape index (κ2) is 4.99. The molecular formula is C10H18ClNO2. The van der Waals surface area contributed by atoms with Crippen LogP contribution in [0, 0.1) is 11.8 Å². The average molecular weight is 220 g/mol. The van der Waals surface area contributed by atoms with E-state index in [1.165, 1.54) is 25.9 Å². The zero-order valence-electron chi connectivity index (χ0n) is 8.57. The molecule has 4 heteroatoms. The molecule has 3 saturated heterocycles. The summed E-state index contributed by atoms with van der Waals surface area (Å²) in [4.78, 5) is 13.9. The minimum atomic E-state index is 0. The van der Waals surface area contributed by atoms with Gasteiger partial charge in [0.25, 0.3) is 0 Å². The molecule has 1 atom stereocenters. The Morgan fingerprint density at radius 2 is 2.07 bits per heavy atom. The summed E-state index contributed by atoms with van der Waals surface area (Å²) in [6.45, 7) is 5.69. The second-order valence-electron chi connectivity index (χ2n) is 4.00. The summed E-state index contributed by atoms with van der Waals surface area (Å²) in [5, 5.41) is 0. The fourth-order valence-corrected chi connectivity index (χ4v) is 2.48. The summed E-state index contributed by atoms with van der Waals surface area (Å²) < 4.78 is 5.07. The predicted octanol–water partition coefficient (Wildman–Crippen LogP) is 1.31. The van der Waals surface area contributed by atoms with Crippen LogP contribution < -0.4 is 0 Å². The fraction of sp³-hybridized carbons (Fsp3) is 0.900. The van der Waals surface area contributed by atoms with Crippen molar-refractivity contribution in [3.8, 4) is 0 Å². The summed E-state index contributed by atoms with van der Waals surface area (Å²) >= 11 is 0. The van der Waals surface area contributed by atoms with Crippen molar-refractivity contribution >= 4 is 18.4 Å². The van der Waals surface area contributed by atoms with E-state index in [0.717, 1.165) is 6.54 Å². The Hall–Kier alpha value is -0.280. The molecule has 3 fully saturated rings. The Labute approximate surface area is 91.2 Å². The van der Waals surface area contributed by atoms with Gasteiger partial charge in [-0.15, -0.1) is 12.4 Å². The first-order valence-electron chi connectivity index (χ1n) is 5.20. The van der Waals surface area contributed by atoms with Gasteiger partial charge in [0.05, 0.1) is 12.5 Å². The zero-order chi connectivity index (χ0) is 9.26. The standard InChI is InChI=1S/C10H17NO2.ClH/c1-2-13-10(12)9-7-11-5-3-8(9)4-6-11;/h8-9H,2-7H2,1H3;1H. The van der Waals surface area contributed by atoms with Gasteiger partial charge >= 0.3 is 5.97 Å². The Bertz CT molecular complexity index is 202. The molecule has 0 aromatic carbocycles. The van der Waals surface area contributed by atoms with Crippen LogP contribution in [0.5, 0.6) is 0 Å². The molecule has 2 bridgehead atoms. The molecule has 0 amide bonds. The summed E-state index contributed by atoms with van der Waals surface area (Å²) in [6.07, 6.45) is 2.37. The van der Waals surface area contributed by atoms with Gasteiger partial charge in [-0.05, 0) is 38.8 Å². The lowest BCUT2D eigenvalue weighted by atomic mass is 9.79. The Kier molecular flexibility index (Phi) is 4.20. The molecule has 0 N–H and O–H groups in total. The average Bonchev–Trinajstić information content (AvgIpc) is 2.20. The van der Waals surface area contributed by atoms with Crippen LogP contribution in [0.25, 0.3) is 0 Å². The molecule has 0 aliphatic carbocycles. The predicted molar refractivity (Wildman–Crippen MR) is 56.5 cm³/mol. The first kappa shape index (κ1) is 11.8. The highest BCUT2D eigenvalue weighted by atomic mass is 35.5. The monoisotopic (exact) mass is 219 g/mol. The third kappa shape index (κ3) is 2.20. The van der Waals surface area contributed by atoms with E-state index in [1.807, 2.05) is 6.92 Å². The van der Waals surface area contributed by atoms with Gasteiger partial charge in [0.1, 0.15) is 0 Å². The van der Waals surface area contributed by atoms with E-state index in [-0.39, 0.29) is 24.3 Å². The quantitative estimate of drug-likeness (QED) is 0.656. The molecule has 3 aliphatic rings. The molecule has 3 rings (SSSR count). The van der Waals surface area contributed by atoms with E-state index >= 15 is 0 Å². The molecule has 14 heavy (non-hydrogen) atoms. The third-order valence-corrected chi connectivity index (χ3v) is 3.25. The number of piperidine rings is 3. The number of carbonyl (C=O) groups excluding carboxylic acids is 1. The van der Waals surface area contributed by atoms with Crippen LogP contribution in [0.3, 0.4) is 0 Å². The molecule has 0 aromatic heterocycles. The highest BCUT2D eigenvalue weighted by Crippen LogP contribution is 2.32. The number of fused-ring (bicyclic) bond motifs is 3. The van der Waals surface area contributed by atoms with Gasteiger partial charge in [-0.25, -0.2) is 0 Å². The number of hydrogen-bond acceptors (Lipinski definition) is 3. The summed E-state index contributed by atoms with van der Waals surface area (Å²) in [5.41, 5.74) is 0. The first-order chi connectivity index (χ1) is 6.31. The van der Waals surface area contributed by atoms with Gasteiger partial charge in [-0.3, -0.25) is 4.79 Å². The van der Waals surface area contributed by atoms with Crippen molar-refractivity contribution in [2.45, 2.75) is 19.8 Å². The van der Waals surface area contributed by atoms with Gasteiger partial charge in [-0.2, -0.15) is 0 Å². The van der Waals surface area contributed by atoms with E-state index in [1.54, 1.807) is 0 Å². The summed E-state index contributed by atoms with van der Waals surface area (Å²) in [5.74, 6) is 0.795. The molecule has 0 aromatic rings. The van der Waals surface area contributed by atoms with Gasteiger partial charge in [-0.1, -0.05) is 0 Å². The van der Waals surface area contributed by atoms with Crippen LogP contribution in [0.4, 0.5) is 0 Å². The van der Waals surface area contributed by atoms with Crippen LogP contribution in [-0.2, 0) is 9.53 Å². The first-order valence-corrected chi connectivity index (χ1v) is 5.20. The van der Waals surface area contributed by atoms with Crippen LogP contribution in [-0.4, -0.2) is 37.1 Å². The molecule has 3 nitrogen and oxygen atoms in total. The molecule has 0 spiro atoms. The lowest BCUT2D eigenvalue weighted by Crippen LogP contribution is -2.50. The van der Waals surface area contributed by atoms with Crippen molar-refractivity contribution in [3.63, 3.8) is 0 Å². The molecular weight excluding hydrogens is 202 g/mol. The number of hydrogen-bond donors (Lipinski definition) is 0. The van der Waals surface area contributed by atoms with Crippen LogP contribution in [0.15, 0.2) is 0 Å². The number of halogens is 1. The van der Waals surface area contributed by atoms with Gasteiger partial charge in [0.15, 0.2) is 0 Å². The number of nitrogens with zero attached hydrogens (tertiary/aromatic N) is 1. The maximum atomic E-state index is 11.5. The van der Waals surface area contributed by atoms with Crippen molar-refractivity contribution in [2.75, 3.05) is 26.2 Å². The molecule has 0 radical (unpaired) electrons. The second-order valence-corrected chi connectivity index (χ2v) is 4.00. The molecule has 3 aliphatic heterocycles. The van der Waals surface area contributed by atoms with Gasteiger partial charge in [0.2, 0.25) is 0 Å². The van der Waals surface area contributed by atoms with Crippen LogP contribution >= 0.6 is 12.4 Å². The largest absolute Gasteiger partial charge is 0.466 e. The molecule has 82 valence electrons. The molecule has 1 unspecified atom stereocenters. The van der Waals surface area contributed by atoms with Crippen molar-refractivity contribution in [2.24, 2.45) is 11.8 Å². The van der Waals surface area contributed by atoms with E-state index in [9.17, 15) is 4.79 Å². The number of rotatable bonds is 2. The maximum Gasteiger partial charge on any atom is 0.310 e. The van der Waals surface area contributed by atoms with Crippen molar-refractivity contribution < 1.29 is 9.53 Å². The Balaban J connectivity index is 0.000000980. The zero-order valence-corrected chi connectivity index (χ0v) is 9.39. The van der Waals surface area contributed by atoms with Gasteiger partial charge in [0, 0.05) is 6.54 Å². The number of esters is 1. The van der Waals surface area contributed by atoms with E-state index in [0.29, 0.717) is 12.5 Å². The summed E-state index contributed by atoms with van der Waals surface area (Å²) in [6, 6.07) is 0. The fourth-order valence-electron chi connectivity index (χ4n) is 2.48. The number of ether oxygens (including phenoxy) is 1. The molecule has 0 saturated carbocycles. The Morgan fingerprint density at radius 3 is 2.50 bits per heavy atom. The van der Waals surface area contributed by atoms with Crippen LogP contribution in [0.1, 0.15) is 19.8 Å². The maximum absolute atomic E-state index is 11.5. The highest BCUT2D eigenvalue weighted by molar-refractivity contribution is 5.85. The highest BCUT2D eigenvalue weighted by Gasteiger charge is 2.38. The van der Waals surface area contributed by atoms with Crippen LogP contribution in [0.2, 0.25) is 0 Å². The summed E-state index contributed by atoms with van der Waals surface area (Å²) in [7, 11) is 0. The van der Waals surface area contributed by atoms with Crippen molar-refractivity contribution in [1.82, 2.24) is 4.90 Å². The van der Waals surface area contributed by atoms with E-state index in [2.05, 4.69) is 4.90 Å².